The van der Waals surface area contributed by atoms with Crippen molar-refractivity contribution in [1.29, 1.82) is 0 Å². The smallest absolute Gasteiger partial charge is 0.460 e. The van der Waals surface area contributed by atoms with Crippen molar-refractivity contribution in [2.24, 2.45) is 0 Å². The second kappa shape index (κ2) is 9.72. The summed E-state index contributed by atoms with van der Waals surface area (Å²) < 4.78 is 186. The molecule has 208 valence electrons. The minimum atomic E-state index is -7.98. The molecular formula is C18H16F13NO4. The van der Waals surface area contributed by atoms with Crippen molar-refractivity contribution in [1.82, 2.24) is 4.57 Å². The van der Waals surface area contributed by atoms with Crippen LogP contribution in [0.3, 0.4) is 0 Å². The van der Waals surface area contributed by atoms with Gasteiger partial charge in [-0.2, -0.15) is 57.1 Å². The van der Waals surface area contributed by atoms with E-state index in [2.05, 4.69) is 4.74 Å². The molecule has 18 heteroatoms. The standard InChI is InChI=1S/C18H16F13NO4/c19-13(20,14(21,22)15(23,24)16(25,26)17(27,28)18(29,30)31)3-2-12(33)36-7-4-32-8-10-11(9-32)35-6-1-5-34-10/h8-9H,1-7H2. The molecule has 2 rings (SSSR count). The quantitative estimate of drug-likeness (QED) is 0.273. The maximum Gasteiger partial charge on any atom is 0.460 e. The van der Waals surface area contributed by atoms with Gasteiger partial charge in [-0.15, -0.1) is 0 Å². The molecule has 0 saturated heterocycles. The molecule has 0 saturated carbocycles. The van der Waals surface area contributed by atoms with E-state index in [1.54, 1.807) is 0 Å². The van der Waals surface area contributed by atoms with Crippen molar-refractivity contribution in [2.75, 3.05) is 19.8 Å². The topological polar surface area (TPSA) is 49.7 Å². The zero-order chi connectivity index (χ0) is 27.8. The number of ether oxygens (including phenoxy) is 3. The molecule has 0 aromatic carbocycles. The first-order chi connectivity index (χ1) is 16.2. The lowest BCUT2D eigenvalue weighted by Gasteiger charge is -2.39. The molecule has 0 radical (unpaired) electrons. The van der Waals surface area contributed by atoms with Crippen molar-refractivity contribution in [2.45, 2.75) is 61.6 Å². The van der Waals surface area contributed by atoms with Gasteiger partial charge in [0.1, 0.15) is 6.61 Å². The third-order valence-electron chi connectivity index (χ3n) is 4.87. The zero-order valence-electron chi connectivity index (χ0n) is 17.6. The highest BCUT2D eigenvalue weighted by Crippen LogP contribution is 2.60. The molecule has 1 aliphatic rings. The minimum Gasteiger partial charge on any atom is -0.488 e. The van der Waals surface area contributed by atoms with Crippen molar-refractivity contribution in [3.63, 3.8) is 0 Å². The van der Waals surface area contributed by atoms with Gasteiger partial charge in [0, 0.05) is 12.8 Å². The highest BCUT2D eigenvalue weighted by molar-refractivity contribution is 5.69. The maximum absolute atomic E-state index is 13.7. The first-order valence-electron chi connectivity index (χ1n) is 9.76. The van der Waals surface area contributed by atoms with Crippen LogP contribution in [0.5, 0.6) is 11.5 Å². The van der Waals surface area contributed by atoms with Gasteiger partial charge in [0.25, 0.3) is 0 Å². The summed E-state index contributed by atoms with van der Waals surface area (Å²) in [6.45, 7) is -0.0669. The number of carbonyl (C=O) groups excluding carboxylic acids is 1. The second-order valence-electron chi connectivity index (χ2n) is 7.50. The van der Waals surface area contributed by atoms with E-state index in [9.17, 15) is 61.9 Å². The van der Waals surface area contributed by atoms with Gasteiger partial charge in [-0.3, -0.25) is 4.79 Å². The van der Waals surface area contributed by atoms with E-state index in [-0.39, 0.29) is 6.54 Å². The lowest BCUT2D eigenvalue weighted by molar-refractivity contribution is -0.440. The first-order valence-corrected chi connectivity index (χ1v) is 9.76. The van der Waals surface area contributed by atoms with E-state index in [0.29, 0.717) is 31.1 Å². The van der Waals surface area contributed by atoms with Gasteiger partial charge in [0.2, 0.25) is 0 Å². The van der Waals surface area contributed by atoms with Crippen LogP contribution in [-0.2, 0) is 16.1 Å². The summed E-state index contributed by atoms with van der Waals surface area (Å²) >= 11 is 0. The number of hydrogen-bond acceptors (Lipinski definition) is 4. The summed E-state index contributed by atoms with van der Waals surface area (Å²) in [6.07, 6.45) is -8.50. The zero-order valence-corrected chi connectivity index (χ0v) is 17.6. The predicted octanol–water partition coefficient (Wildman–Crippen LogP) is 5.71. The van der Waals surface area contributed by atoms with E-state index in [1.165, 1.54) is 17.0 Å². The summed E-state index contributed by atoms with van der Waals surface area (Å²) in [5, 5.41) is 0. The summed E-state index contributed by atoms with van der Waals surface area (Å²) in [5.74, 6) is -38.5. The molecule has 0 atom stereocenters. The molecule has 1 aliphatic heterocycles. The Morgan fingerprint density at radius 1 is 0.778 bits per heavy atom. The highest BCUT2D eigenvalue weighted by atomic mass is 19.4. The van der Waals surface area contributed by atoms with Gasteiger partial charge < -0.3 is 18.8 Å². The Morgan fingerprint density at radius 3 is 1.72 bits per heavy atom. The van der Waals surface area contributed by atoms with Crippen molar-refractivity contribution in [3.05, 3.63) is 12.4 Å². The van der Waals surface area contributed by atoms with Gasteiger partial charge in [-0.05, 0) is 0 Å². The number of halogens is 13. The van der Waals surface area contributed by atoms with Crippen molar-refractivity contribution in [3.8, 4) is 11.5 Å². The molecule has 0 spiro atoms. The van der Waals surface area contributed by atoms with Crippen LogP contribution in [-0.4, -0.2) is 66.1 Å². The van der Waals surface area contributed by atoms with Crippen LogP contribution in [0.15, 0.2) is 12.4 Å². The summed E-state index contributed by atoms with van der Waals surface area (Å²) in [4.78, 5) is 11.5. The number of esters is 1. The Morgan fingerprint density at radius 2 is 1.25 bits per heavy atom. The third-order valence-corrected chi connectivity index (χ3v) is 4.87. The van der Waals surface area contributed by atoms with E-state index in [4.69, 9.17) is 9.47 Å². The fourth-order valence-electron chi connectivity index (χ4n) is 2.79. The van der Waals surface area contributed by atoms with Gasteiger partial charge >= 0.3 is 41.8 Å². The molecule has 1 aromatic rings. The molecular weight excluding hydrogens is 541 g/mol. The molecule has 1 aromatic heterocycles. The van der Waals surface area contributed by atoms with Crippen LogP contribution in [0.1, 0.15) is 19.3 Å². The van der Waals surface area contributed by atoms with Crippen LogP contribution >= 0.6 is 0 Å². The molecule has 0 bridgehead atoms. The fourth-order valence-corrected chi connectivity index (χ4v) is 2.79. The van der Waals surface area contributed by atoms with Crippen LogP contribution < -0.4 is 9.47 Å². The maximum atomic E-state index is 13.7. The molecule has 0 aliphatic carbocycles. The van der Waals surface area contributed by atoms with Crippen molar-refractivity contribution < 1.29 is 76.1 Å². The van der Waals surface area contributed by atoms with E-state index in [1.807, 2.05) is 0 Å². The number of fused-ring (bicyclic) bond motifs is 1. The Labute approximate surface area is 193 Å². The molecule has 0 unspecified atom stereocenters. The fraction of sp³-hybridized carbons (Fsp3) is 0.722. The first kappa shape index (κ1) is 29.7. The van der Waals surface area contributed by atoms with E-state index >= 15 is 0 Å². The highest BCUT2D eigenvalue weighted by Gasteiger charge is 2.90. The average Bonchev–Trinajstić information content (AvgIpc) is 2.99. The van der Waals surface area contributed by atoms with Crippen LogP contribution in [0.4, 0.5) is 57.1 Å². The second-order valence-corrected chi connectivity index (χ2v) is 7.50. The van der Waals surface area contributed by atoms with Crippen LogP contribution in [0.25, 0.3) is 0 Å². The number of rotatable bonds is 10. The molecule has 0 fully saturated rings. The number of aromatic nitrogens is 1. The van der Waals surface area contributed by atoms with Crippen LogP contribution in [0, 0.1) is 0 Å². The van der Waals surface area contributed by atoms with E-state index in [0.717, 1.165) is 0 Å². The number of alkyl halides is 13. The van der Waals surface area contributed by atoms with Gasteiger partial charge in [-0.25, -0.2) is 0 Å². The van der Waals surface area contributed by atoms with Gasteiger partial charge in [0.05, 0.1) is 38.6 Å². The molecule has 0 N–H and O–H groups in total. The summed E-state index contributed by atoms with van der Waals surface area (Å²) in [6, 6.07) is 0. The predicted molar refractivity (Wildman–Crippen MR) is 91.0 cm³/mol. The van der Waals surface area contributed by atoms with Gasteiger partial charge in [-0.1, -0.05) is 0 Å². The Hall–Kier alpha value is -2.56. The monoisotopic (exact) mass is 557 g/mol. The number of hydrogen-bond donors (Lipinski definition) is 0. The summed E-state index contributed by atoms with van der Waals surface area (Å²) in [7, 11) is 0. The molecule has 2 heterocycles. The Balaban J connectivity index is 2.00. The normalized spacial score (nSPS) is 16.0. The van der Waals surface area contributed by atoms with Gasteiger partial charge in [0.15, 0.2) is 11.5 Å². The SMILES string of the molecule is O=C(CCC(F)(F)C(F)(F)C(F)(F)C(F)(F)C(F)(F)C(F)(F)F)OCCn1cc2c(c1)OCCCO2. The number of nitrogens with zero attached hydrogens (tertiary/aromatic N) is 1. The third kappa shape index (κ3) is 5.26. The largest absolute Gasteiger partial charge is 0.488 e. The Bertz CT molecular complexity index is 903. The van der Waals surface area contributed by atoms with Crippen molar-refractivity contribution >= 4 is 5.97 Å². The molecule has 0 amide bonds. The average molecular weight is 557 g/mol. The lowest BCUT2D eigenvalue weighted by atomic mass is 9.92. The number of carbonyl (C=O) groups is 1. The molecule has 36 heavy (non-hydrogen) atoms. The van der Waals surface area contributed by atoms with E-state index < -0.39 is 61.2 Å². The summed E-state index contributed by atoms with van der Waals surface area (Å²) in [5.41, 5.74) is 0. The van der Waals surface area contributed by atoms with Crippen LogP contribution in [0.2, 0.25) is 0 Å². The minimum absolute atomic E-state index is 0.158. The molecule has 5 nitrogen and oxygen atoms in total. The Kier molecular flexibility index (Phi) is 8.01. The lowest BCUT2D eigenvalue weighted by Crippen LogP contribution is -2.70.